The molecular weight excluding hydrogens is 234 g/mol. The standard InChI is InChI=1S/C14H22ClNO/c1-10-8-13(9-16-7-5-6-15)11(2)12(3)14(10)17-4/h8,16H,5-7,9H2,1-4H3. The van der Waals surface area contributed by atoms with Crippen LogP contribution >= 0.6 is 11.6 Å². The molecule has 0 bridgehead atoms. The van der Waals surface area contributed by atoms with Gasteiger partial charge in [0.15, 0.2) is 0 Å². The third-order valence-corrected chi connectivity index (χ3v) is 3.41. The Morgan fingerprint density at radius 2 is 1.94 bits per heavy atom. The molecule has 0 saturated heterocycles. The Morgan fingerprint density at radius 1 is 1.24 bits per heavy atom. The van der Waals surface area contributed by atoms with E-state index in [1.54, 1.807) is 7.11 Å². The molecule has 0 aliphatic carbocycles. The van der Waals surface area contributed by atoms with Gasteiger partial charge in [-0.05, 0) is 56.0 Å². The van der Waals surface area contributed by atoms with E-state index in [2.05, 4.69) is 32.2 Å². The molecule has 0 fully saturated rings. The highest BCUT2D eigenvalue weighted by molar-refractivity contribution is 6.17. The molecule has 3 heteroatoms. The number of hydrogen-bond donors (Lipinski definition) is 1. The number of ether oxygens (including phenoxy) is 1. The van der Waals surface area contributed by atoms with Gasteiger partial charge in [0.05, 0.1) is 7.11 Å². The van der Waals surface area contributed by atoms with E-state index in [9.17, 15) is 0 Å². The molecule has 0 atom stereocenters. The molecule has 2 nitrogen and oxygen atoms in total. The first-order chi connectivity index (χ1) is 8.11. The molecule has 0 aromatic heterocycles. The average molecular weight is 256 g/mol. The lowest BCUT2D eigenvalue weighted by atomic mass is 9.98. The van der Waals surface area contributed by atoms with Crippen LogP contribution in [0.4, 0.5) is 0 Å². The van der Waals surface area contributed by atoms with E-state index in [4.69, 9.17) is 16.3 Å². The SMILES string of the molecule is COc1c(C)cc(CNCCCCl)c(C)c1C. The van der Waals surface area contributed by atoms with Crippen molar-refractivity contribution in [2.45, 2.75) is 33.7 Å². The fourth-order valence-electron chi connectivity index (χ4n) is 2.05. The minimum atomic E-state index is 0.715. The Balaban J connectivity index is 2.80. The summed E-state index contributed by atoms with van der Waals surface area (Å²) in [7, 11) is 1.73. The molecule has 0 heterocycles. The van der Waals surface area contributed by atoms with Gasteiger partial charge in [-0.1, -0.05) is 6.07 Å². The van der Waals surface area contributed by atoms with Crippen molar-refractivity contribution < 1.29 is 4.74 Å². The minimum Gasteiger partial charge on any atom is -0.496 e. The zero-order valence-electron chi connectivity index (χ0n) is 11.2. The normalized spacial score (nSPS) is 10.6. The summed E-state index contributed by atoms with van der Waals surface area (Å²) in [5.41, 5.74) is 5.09. The Labute approximate surface area is 109 Å². The summed E-state index contributed by atoms with van der Waals surface area (Å²) in [5.74, 6) is 1.72. The molecule has 1 aromatic rings. The number of benzene rings is 1. The van der Waals surface area contributed by atoms with Gasteiger partial charge in [-0.15, -0.1) is 11.6 Å². The van der Waals surface area contributed by atoms with E-state index in [0.29, 0.717) is 5.88 Å². The van der Waals surface area contributed by atoms with Crippen molar-refractivity contribution in [3.05, 3.63) is 28.3 Å². The number of halogens is 1. The Morgan fingerprint density at radius 3 is 2.53 bits per heavy atom. The van der Waals surface area contributed by atoms with Crippen LogP contribution in [0.3, 0.4) is 0 Å². The Bertz CT molecular complexity index is 377. The molecule has 0 spiro atoms. The second-order valence-corrected chi connectivity index (χ2v) is 4.73. The highest BCUT2D eigenvalue weighted by atomic mass is 35.5. The molecule has 17 heavy (non-hydrogen) atoms. The summed E-state index contributed by atoms with van der Waals surface area (Å²) in [4.78, 5) is 0. The number of aryl methyl sites for hydroxylation is 1. The number of alkyl halides is 1. The summed E-state index contributed by atoms with van der Waals surface area (Å²) >= 11 is 5.65. The van der Waals surface area contributed by atoms with Crippen molar-refractivity contribution in [1.29, 1.82) is 0 Å². The van der Waals surface area contributed by atoms with E-state index in [0.717, 1.165) is 25.3 Å². The van der Waals surface area contributed by atoms with Crippen LogP contribution in [0.25, 0.3) is 0 Å². The second-order valence-electron chi connectivity index (χ2n) is 4.36. The zero-order valence-corrected chi connectivity index (χ0v) is 11.9. The fourth-order valence-corrected chi connectivity index (χ4v) is 2.19. The zero-order chi connectivity index (χ0) is 12.8. The molecule has 0 saturated carbocycles. The van der Waals surface area contributed by atoms with Crippen LogP contribution in [0.1, 0.15) is 28.7 Å². The van der Waals surface area contributed by atoms with Crippen molar-refractivity contribution in [2.24, 2.45) is 0 Å². The summed E-state index contributed by atoms with van der Waals surface area (Å²) < 4.78 is 5.42. The monoisotopic (exact) mass is 255 g/mol. The van der Waals surface area contributed by atoms with Crippen molar-refractivity contribution >= 4 is 11.6 Å². The number of hydrogen-bond acceptors (Lipinski definition) is 2. The molecule has 0 aliphatic rings. The summed E-state index contributed by atoms with van der Waals surface area (Å²) in [6.45, 7) is 8.22. The van der Waals surface area contributed by atoms with E-state index in [-0.39, 0.29) is 0 Å². The van der Waals surface area contributed by atoms with Crippen LogP contribution in [0.2, 0.25) is 0 Å². The first-order valence-electron chi connectivity index (χ1n) is 6.02. The number of nitrogens with one attached hydrogen (secondary N) is 1. The Hall–Kier alpha value is -0.730. The van der Waals surface area contributed by atoms with Crippen LogP contribution in [-0.4, -0.2) is 19.5 Å². The van der Waals surface area contributed by atoms with Gasteiger partial charge in [0.25, 0.3) is 0 Å². The molecule has 96 valence electrons. The molecule has 1 rings (SSSR count). The van der Waals surface area contributed by atoms with E-state index < -0.39 is 0 Å². The van der Waals surface area contributed by atoms with Crippen molar-refractivity contribution in [3.63, 3.8) is 0 Å². The van der Waals surface area contributed by atoms with Crippen LogP contribution in [0.5, 0.6) is 5.75 Å². The molecule has 0 aliphatic heterocycles. The van der Waals surface area contributed by atoms with Crippen molar-refractivity contribution in [2.75, 3.05) is 19.5 Å². The first kappa shape index (κ1) is 14.3. The Kier molecular flexibility index (Phi) is 5.79. The topological polar surface area (TPSA) is 21.3 Å². The molecule has 0 radical (unpaired) electrons. The number of methoxy groups -OCH3 is 1. The van der Waals surface area contributed by atoms with Gasteiger partial charge < -0.3 is 10.1 Å². The highest BCUT2D eigenvalue weighted by Gasteiger charge is 2.09. The van der Waals surface area contributed by atoms with Gasteiger partial charge >= 0.3 is 0 Å². The molecule has 1 N–H and O–H groups in total. The van der Waals surface area contributed by atoms with Crippen LogP contribution in [-0.2, 0) is 6.54 Å². The smallest absolute Gasteiger partial charge is 0.124 e. The van der Waals surface area contributed by atoms with Crippen molar-refractivity contribution in [3.8, 4) is 5.75 Å². The quantitative estimate of drug-likeness (QED) is 0.622. The van der Waals surface area contributed by atoms with Crippen LogP contribution < -0.4 is 10.1 Å². The van der Waals surface area contributed by atoms with Gasteiger partial charge in [-0.2, -0.15) is 0 Å². The molecule has 1 aromatic carbocycles. The highest BCUT2D eigenvalue weighted by Crippen LogP contribution is 2.28. The lowest BCUT2D eigenvalue weighted by Gasteiger charge is -2.16. The molecule has 0 unspecified atom stereocenters. The maximum absolute atomic E-state index is 5.65. The third kappa shape index (κ3) is 3.62. The maximum atomic E-state index is 5.65. The average Bonchev–Trinajstić information content (AvgIpc) is 2.31. The predicted octanol–water partition coefficient (Wildman–Crippen LogP) is 3.34. The predicted molar refractivity (Wildman–Crippen MR) is 74.2 cm³/mol. The maximum Gasteiger partial charge on any atom is 0.124 e. The van der Waals surface area contributed by atoms with Crippen molar-refractivity contribution in [1.82, 2.24) is 5.32 Å². The van der Waals surface area contributed by atoms with E-state index >= 15 is 0 Å². The van der Waals surface area contributed by atoms with Gasteiger partial charge in [-0.25, -0.2) is 0 Å². The van der Waals surface area contributed by atoms with Gasteiger partial charge in [-0.3, -0.25) is 0 Å². The van der Waals surface area contributed by atoms with Crippen LogP contribution in [0.15, 0.2) is 6.07 Å². The first-order valence-corrected chi connectivity index (χ1v) is 6.55. The van der Waals surface area contributed by atoms with Crippen LogP contribution in [0, 0.1) is 20.8 Å². The summed E-state index contributed by atoms with van der Waals surface area (Å²) in [6, 6.07) is 2.20. The minimum absolute atomic E-state index is 0.715. The second kappa shape index (κ2) is 6.87. The summed E-state index contributed by atoms with van der Waals surface area (Å²) in [6.07, 6.45) is 1.01. The van der Waals surface area contributed by atoms with Gasteiger partial charge in [0.1, 0.15) is 5.75 Å². The van der Waals surface area contributed by atoms with E-state index in [1.165, 1.54) is 22.3 Å². The lowest BCUT2D eigenvalue weighted by molar-refractivity contribution is 0.408. The largest absolute Gasteiger partial charge is 0.496 e. The van der Waals surface area contributed by atoms with Gasteiger partial charge in [0, 0.05) is 12.4 Å². The fraction of sp³-hybridized carbons (Fsp3) is 0.571. The van der Waals surface area contributed by atoms with E-state index in [1.807, 2.05) is 0 Å². The molecule has 0 amide bonds. The van der Waals surface area contributed by atoms with Gasteiger partial charge in [0.2, 0.25) is 0 Å². The summed E-state index contributed by atoms with van der Waals surface area (Å²) in [5, 5.41) is 3.41. The third-order valence-electron chi connectivity index (χ3n) is 3.14. The number of rotatable bonds is 6. The lowest BCUT2D eigenvalue weighted by Crippen LogP contribution is -2.16. The molecular formula is C14H22ClNO.